The zero-order chi connectivity index (χ0) is 19.1. The van der Waals surface area contributed by atoms with Crippen molar-refractivity contribution < 1.29 is 24.2 Å². The molecule has 3 rings (SSSR count). The number of hydrogen-bond donors (Lipinski definition) is 3. The number of rotatable bonds is 6. The number of aliphatic carboxylic acids is 1. The van der Waals surface area contributed by atoms with Crippen molar-refractivity contribution >= 4 is 29.5 Å². The Balaban J connectivity index is 1.67. The van der Waals surface area contributed by atoms with Crippen molar-refractivity contribution in [3.63, 3.8) is 0 Å². The molecule has 2 aliphatic heterocycles. The maximum absolute atomic E-state index is 12.6. The number of fused-ring (bicyclic) bond motifs is 1. The van der Waals surface area contributed by atoms with Crippen molar-refractivity contribution in [1.29, 1.82) is 0 Å². The number of carboxylic acids is 1. The second-order valence-corrected chi connectivity index (χ2v) is 8.48. The summed E-state index contributed by atoms with van der Waals surface area (Å²) in [6.07, 6.45) is 0. The highest BCUT2D eigenvalue weighted by Gasteiger charge is 2.72. The molecule has 9 heteroatoms. The number of ether oxygens (including phenoxy) is 1. The van der Waals surface area contributed by atoms with E-state index in [1.54, 1.807) is 38.1 Å². The molecular weight excluding hydrogens is 358 g/mol. The first kappa shape index (κ1) is 18.5. The minimum absolute atomic E-state index is 0.192. The van der Waals surface area contributed by atoms with E-state index in [1.165, 1.54) is 16.7 Å². The molecule has 0 radical (unpaired) electrons. The molecule has 0 saturated carbocycles. The van der Waals surface area contributed by atoms with Crippen molar-refractivity contribution in [3.05, 3.63) is 30.3 Å². The van der Waals surface area contributed by atoms with E-state index in [-0.39, 0.29) is 13.2 Å². The maximum atomic E-state index is 12.6. The van der Waals surface area contributed by atoms with Crippen LogP contribution in [-0.4, -0.2) is 62.6 Å². The van der Waals surface area contributed by atoms with Gasteiger partial charge in [-0.1, -0.05) is 18.2 Å². The summed E-state index contributed by atoms with van der Waals surface area (Å²) in [7, 11) is 0. The van der Waals surface area contributed by atoms with Crippen molar-refractivity contribution in [3.8, 4) is 5.75 Å². The second-order valence-electron chi connectivity index (χ2n) is 6.74. The summed E-state index contributed by atoms with van der Waals surface area (Å²) in [5, 5.41) is 11.9. The number of carbonyl (C=O) groups excluding carboxylic acids is 2. The number of hydrogen-bond acceptors (Lipinski definition) is 6. The molecule has 0 spiro atoms. The summed E-state index contributed by atoms with van der Waals surface area (Å²) < 4.78 is 4.58. The van der Waals surface area contributed by atoms with E-state index in [1.807, 2.05) is 6.07 Å². The first-order chi connectivity index (χ1) is 12.2. The summed E-state index contributed by atoms with van der Waals surface area (Å²) in [4.78, 5) is 37.9. The van der Waals surface area contributed by atoms with Gasteiger partial charge in [-0.25, -0.2) is 4.79 Å². The van der Waals surface area contributed by atoms with Crippen molar-refractivity contribution in [1.82, 2.24) is 10.2 Å². The number of carbonyl (C=O) groups is 3. The van der Waals surface area contributed by atoms with Gasteiger partial charge in [0.25, 0.3) is 5.91 Å². The smallest absolute Gasteiger partial charge is 0.332 e. The van der Waals surface area contributed by atoms with Gasteiger partial charge in [0.15, 0.2) is 12.1 Å². The highest BCUT2D eigenvalue weighted by molar-refractivity contribution is 8.01. The molecule has 2 saturated heterocycles. The number of nitrogens with zero attached hydrogens (tertiary/aromatic N) is 1. The third-order valence-corrected chi connectivity index (χ3v) is 6.60. The Morgan fingerprint density at radius 1 is 1.35 bits per heavy atom. The van der Waals surface area contributed by atoms with Gasteiger partial charge in [-0.05, 0) is 26.0 Å². The van der Waals surface area contributed by atoms with Gasteiger partial charge in [0.05, 0.1) is 0 Å². The first-order valence-corrected chi connectivity index (χ1v) is 9.04. The minimum Gasteiger partial charge on any atom is -0.484 e. The van der Waals surface area contributed by atoms with Crippen LogP contribution in [0.5, 0.6) is 5.75 Å². The van der Waals surface area contributed by atoms with E-state index in [0.29, 0.717) is 5.75 Å². The monoisotopic (exact) mass is 379 g/mol. The van der Waals surface area contributed by atoms with E-state index in [2.05, 4.69) is 5.32 Å². The minimum atomic E-state index is -1.48. The summed E-state index contributed by atoms with van der Waals surface area (Å²) in [5.74, 6) is -1.46. The number of nitrogens with two attached hydrogens (primary N) is 1. The third-order valence-electron chi connectivity index (χ3n) is 4.94. The van der Waals surface area contributed by atoms with Crippen LogP contribution in [0, 0.1) is 0 Å². The standard InChI is InChI=1S/C17H21N3O5S/c1-16(2)17(9-18,15(23)24)20-13(22)12(14(20)26-16)19-11(21)8-25-10-6-4-3-5-7-10/h3-7,12,14H,8-9,18H2,1-2H3,(H,19,21)(H,23,24)/t12-,14-,17+/m1/s1. The lowest BCUT2D eigenvalue weighted by atomic mass is 9.81. The van der Waals surface area contributed by atoms with Crippen LogP contribution in [0.15, 0.2) is 30.3 Å². The Labute approximate surface area is 155 Å². The van der Waals surface area contributed by atoms with Crippen LogP contribution < -0.4 is 15.8 Å². The lowest BCUT2D eigenvalue weighted by molar-refractivity contribution is -0.171. The molecule has 2 amide bonds. The van der Waals surface area contributed by atoms with E-state index in [4.69, 9.17) is 10.5 Å². The zero-order valence-corrected chi connectivity index (χ0v) is 15.3. The van der Waals surface area contributed by atoms with Crippen LogP contribution in [0.4, 0.5) is 0 Å². The molecule has 2 heterocycles. The Bertz CT molecular complexity index is 741. The topological polar surface area (TPSA) is 122 Å². The van der Waals surface area contributed by atoms with Gasteiger partial charge in [-0.2, -0.15) is 0 Å². The van der Waals surface area contributed by atoms with Crippen LogP contribution in [-0.2, 0) is 14.4 Å². The molecule has 1 aromatic carbocycles. The second kappa shape index (κ2) is 6.48. The van der Waals surface area contributed by atoms with E-state index >= 15 is 0 Å². The van der Waals surface area contributed by atoms with Gasteiger partial charge in [-0.3, -0.25) is 9.59 Å². The first-order valence-electron chi connectivity index (χ1n) is 8.16. The van der Waals surface area contributed by atoms with Gasteiger partial charge < -0.3 is 25.8 Å². The van der Waals surface area contributed by atoms with Gasteiger partial charge in [0.2, 0.25) is 5.91 Å². The number of carboxylic acid groups (broad SMARTS) is 1. The Hall–Kier alpha value is -2.26. The van der Waals surface area contributed by atoms with E-state index in [0.717, 1.165) is 0 Å². The summed E-state index contributed by atoms with van der Waals surface area (Å²) in [5.41, 5.74) is 4.27. The fourth-order valence-electron chi connectivity index (χ4n) is 3.49. The third kappa shape index (κ3) is 2.62. The lowest BCUT2D eigenvalue weighted by Crippen LogP contribution is -2.77. The molecule has 0 aliphatic carbocycles. The van der Waals surface area contributed by atoms with Crippen LogP contribution in [0.25, 0.3) is 0 Å². The lowest BCUT2D eigenvalue weighted by Gasteiger charge is -2.49. The molecule has 2 fully saturated rings. The highest BCUT2D eigenvalue weighted by Crippen LogP contribution is 2.56. The number of nitrogens with one attached hydrogen (secondary N) is 1. The van der Waals surface area contributed by atoms with Gasteiger partial charge in [0, 0.05) is 11.3 Å². The van der Waals surface area contributed by atoms with Gasteiger partial charge in [-0.15, -0.1) is 11.8 Å². The molecule has 1 aromatic rings. The fourth-order valence-corrected chi connectivity index (χ4v) is 5.26. The summed E-state index contributed by atoms with van der Waals surface area (Å²) >= 11 is 1.33. The molecule has 2 aliphatic rings. The van der Waals surface area contributed by atoms with Crippen LogP contribution >= 0.6 is 11.8 Å². The molecule has 4 N–H and O–H groups in total. The molecule has 3 atom stereocenters. The van der Waals surface area contributed by atoms with E-state index in [9.17, 15) is 19.5 Å². The zero-order valence-electron chi connectivity index (χ0n) is 14.5. The number of para-hydroxylation sites is 1. The number of benzene rings is 1. The average molecular weight is 379 g/mol. The van der Waals surface area contributed by atoms with Gasteiger partial charge in [0.1, 0.15) is 17.2 Å². The maximum Gasteiger partial charge on any atom is 0.332 e. The molecule has 0 bridgehead atoms. The predicted molar refractivity (Wildman–Crippen MR) is 95.6 cm³/mol. The highest BCUT2D eigenvalue weighted by atomic mass is 32.2. The number of amides is 2. The number of thioether (sulfide) groups is 1. The number of β-lactam (4-membered cyclic amide) rings is 1. The van der Waals surface area contributed by atoms with E-state index < -0.39 is 39.5 Å². The Morgan fingerprint density at radius 3 is 2.58 bits per heavy atom. The van der Waals surface area contributed by atoms with Crippen LogP contribution in [0.2, 0.25) is 0 Å². The Morgan fingerprint density at radius 2 is 2.00 bits per heavy atom. The largest absolute Gasteiger partial charge is 0.484 e. The molecule has 8 nitrogen and oxygen atoms in total. The summed E-state index contributed by atoms with van der Waals surface area (Å²) in [6.45, 7) is 3.08. The molecule has 0 unspecified atom stereocenters. The molecular formula is C17H21N3O5S. The normalized spacial score (nSPS) is 28.9. The van der Waals surface area contributed by atoms with Crippen molar-refractivity contribution in [2.75, 3.05) is 13.2 Å². The van der Waals surface area contributed by atoms with Crippen LogP contribution in [0.1, 0.15) is 13.8 Å². The fraction of sp³-hybridized carbons (Fsp3) is 0.471. The quantitative estimate of drug-likeness (QED) is 0.596. The summed E-state index contributed by atoms with van der Waals surface area (Å²) in [6, 6.07) is 8.08. The molecule has 140 valence electrons. The van der Waals surface area contributed by atoms with Crippen molar-refractivity contribution in [2.24, 2.45) is 5.73 Å². The molecule has 26 heavy (non-hydrogen) atoms. The molecule has 0 aromatic heterocycles. The Kier molecular flexibility index (Phi) is 4.61. The SMILES string of the molecule is CC1(C)S[C@@H]2[C@H](NC(=O)COc3ccccc3)C(=O)N2[C@@]1(CN)C(=O)O. The predicted octanol–water partition coefficient (Wildman–Crippen LogP) is 0.0260. The van der Waals surface area contributed by atoms with Crippen LogP contribution in [0.3, 0.4) is 0 Å². The average Bonchev–Trinajstić information content (AvgIpc) is 2.83. The van der Waals surface area contributed by atoms with Crippen molar-refractivity contribution in [2.45, 2.75) is 35.5 Å². The van der Waals surface area contributed by atoms with Gasteiger partial charge >= 0.3 is 5.97 Å².